The third-order valence-electron chi connectivity index (χ3n) is 5.01. The Labute approximate surface area is 172 Å². The van der Waals surface area contributed by atoms with Gasteiger partial charge in [-0.05, 0) is 36.1 Å². The number of non-ortho nitro benzene ring substituents is 1. The minimum atomic E-state index is -0.489. The summed E-state index contributed by atoms with van der Waals surface area (Å²) < 4.78 is 10.9. The summed E-state index contributed by atoms with van der Waals surface area (Å²) in [5.74, 6) is 1.29. The third-order valence-corrected chi connectivity index (χ3v) is 5.01. The Hall–Kier alpha value is -3.94. The van der Waals surface area contributed by atoms with Crippen LogP contribution in [0.15, 0.2) is 70.2 Å². The molecule has 1 aromatic heterocycles. The largest absolute Gasteiger partial charge is 0.496 e. The monoisotopic (exact) mass is 405 g/mol. The predicted octanol–water partition coefficient (Wildman–Crippen LogP) is 4.12. The number of carbonyl (C=O) groups excluding carboxylic acids is 1. The number of nitro groups is 1. The van der Waals surface area contributed by atoms with Crippen LogP contribution in [0.1, 0.15) is 23.7 Å². The standard InChI is InChI=1S/C22H19N3O5/c1-29-21-11-15(25(27)28)7-9-17(21)20-10-8-16(30-20)13-23-24-22(26)19-12-18(19)14-5-3-2-4-6-14/h2-11,13,18-19H,12H2,1H3,(H,24,26)/b23-13+/t18-,19+/m0/s1. The van der Waals surface area contributed by atoms with E-state index in [0.717, 1.165) is 12.0 Å². The number of hydrogen-bond donors (Lipinski definition) is 1. The fraction of sp³-hybridized carbons (Fsp3) is 0.182. The van der Waals surface area contributed by atoms with Crippen LogP contribution in [0.5, 0.6) is 5.75 Å². The lowest BCUT2D eigenvalue weighted by molar-refractivity contribution is -0.384. The van der Waals surface area contributed by atoms with Gasteiger partial charge in [0.1, 0.15) is 17.3 Å². The summed E-state index contributed by atoms with van der Waals surface area (Å²) in [6, 6.07) is 17.6. The van der Waals surface area contributed by atoms with Gasteiger partial charge in [0.2, 0.25) is 5.91 Å². The maximum absolute atomic E-state index is 12.2. The fourth-order valence-electron chi connectivity index (χ4n) is 3.36. The first-order valence-electron chi connectivity index (χ1n) is 9.37. The van der Waals surface area contributed by atoms with Crippen LogP contribution in [0, 0.1) is 16.0 Å². The van der Waals surface area contributed by atoms with E-state index in [4.69, 9.17) is 9.15 Å². The molecule has 1 aliphatic carbocycles. The highest BCUT2D eigenvalue weighted by Gasteiger charge is 2.43. The van der Waals surface area contributed by atoms with Crippen LogP contribution in [-0.4, -0.2) is 24.2 Å². The molecule has 1 amide bonds. The number of methoxy groups -OCH3 is 1. The molecule has 4 rings (SSSR count). The molecule has 0 aliphatic heterocycles. The van der Waals surface area contributed by atoms with Gasteiger partial charge >= 0.3 is 0 Å². The molecular formula is C22H19N3O5. The number of carbonyl (C=O) groups is 1. The molecule has 0 unspecified atom stereocenters. The van der Waals surface area contributed by atoms with Crippen LogP contribution in [-0.2, 0) is 4.79 Å². The minimum absolute atomic E-state index is 0.0684. The van der Waals surface area contributed by atoms with Crippen LogP contribution in [0.2, 0.25) is 0 Å². The van der Waals surface area contributed by atoms with Crippen molar-refractivity contribution < 1.29 is 18.9 Å². The lowest BCUT2D eigenvalue weighted by atomic mass is 10.1. The minimum Gasteiger partial charge on any atom is -0.496 e. The second kappa shape index (κ2) is 8.20. The molecule has 2 aromatic carbocycles. The smallest absolute Gasteiger partial charge is 0.273 e. The molecule has 1 N–H and O–H groups in total. The molecule has 1 saturated carbocycles. The number of nitro benzene ring substituents is 1. The number of rotatable bonds is 7. The molecule has 1 heterocycles. The van der Waals surface area contributed by atoms with Gasteiger partial charge in [-0.1, -0.05) is 30.3 Å². The topological polar surface area (TPSA) is 107 Å². The summed E-state index contributed by atoms with van der Waals surface area (Å²) >= 11 is 0. The predicted molar refractivity (Wildman–Crippen MR) is 110 cm³/mol. The zero-order valence-electron chi connectivity index (χ0n) is 16.1. The van der Waals surface area contributed by atoms with E-state index in [9.17, 15) is 14.9 Å². The van der Waals surface area contributed by atoms with Crippen molar-refractivity contribution in [2.45, 2.75) is 12.3 Å². The number of benzene rings is 2. The van der Waals surface area contributed by atoms with E-state index < -0.39 is 4.92 Å². The highest BCUT2D eigenvalue weighted by molar-refractivity contribution is 5.85. The van der Waals surface area contributed by atoms with Crippen molar-refractivity contribution in [3.63, 3.8) is 0 Å². The third kappa shape index (κ3) is 4.07. The van der Waals surface area contributed by atoms with Crippen molar-refractivity contribution >= 4 is 17.8 Å². The maximum atomic E-state index is 12.2. The van der Waals surface area contributed by atoms with Gasteiger partial charge in [0, 0.05) is 12.0 Å². The van der Waals surface area contributed by atoms with Crippen molar-refractivity contribution in [2.24, 2.45) is 11.0 Å². The first-order chi connectivity index (χ1) is 14.6. The van der Waals surface area contributed by atoms with E-state index in [-0.39, 0.29) is 23.4 Å². The average Bonchev–Trinajstić information content (AvgIpc) is 3.45. The molecule has 8 nitrogen and oxygen atoms in total. The summed E-state index contributed by atoms with van der Waals surface area (Å²) in [5, 5.41) is 14.9. The van der Waals surface area contributed by atoms with Gasteiger partial charge in [0.15, 0.2) is 0 Å². The van der Waals surface area contributed by atoms with Crippen LogP contribution in [0.25, 0.3) is 11.3 Å². The normalized spacial score (nSPS) is 17.6. The molecule has 0 bridgehead atoms. The van der Waals surface area contributed by atoms with Crippen molar-refractivity contribution in [3.05, 3.63) is 82.1 Å². The molecule has 3 aromatic rings. The summed E-state index contributed by atoms with van der Waals surface area (Å²) in [6.07, 6.45) is 2.23. The molecule has 0 saturated heterocycles. The highest BCUT2D eigenvalue weighted by atomic mass is 16.6. The van der Waals surface area contributed by atoms with Crippen LogP contribution in [0.3, 0.4) is 0 Å². The number of ether oxygens (including phenoxy) is 1. The second-order valence-corrected chi connectivity index (χ2v) is 6.94. The lowest BCUT2D eigenvalue weighted by Crippen LogP contribution is -2.20. The van der Waals surface area contributed by atoms with E-state index in [0.29, 0.717) is 22.8 Å². The SMILES string of the molecule is COc1cc([N+](=O)[O-])ccc1-c1ccc(/C=N/NC(=O)[C@@H]2C[C@H]2c2ccccc2)o1. The maximum Gasteiger partial charge on any atom is 0.273 e. The molecule has 1 fully saturated rings. The number of furan rings is 1. The Bertz CT molecular complexity index is 1110. The van der Waals surface area contributed by atoms with Gasteiger partial charge in [-0.2, -0.15) is 5.10 Å². The van der Waals surface area contributed by atoms with Gasteiger partial charge in [0.05, 0.1) is 29.9 Å². The zero-order chi connectivity index (χ0) is 21.1. The average molecular weight is 405 g/mol. The van der Waals surface area contributed by atoms with Gasteiger partial charge in [0.25, 0.3) is 5.69 Å². The van der Waals surface area contributed by atoms with E-state index in [1.807, 2.05) is 30.3 Å². The van der Waals surface area contributed by atoms with Crippen molar-refractivity contribution in [2.75, 3.05) is 7.11 Å². The molecule has 0 spiro atoms. The van der Waals surface area contributed by atoms with Gasteiger partial charge in [-0.25, -0.2) is 5.43 Å². The number of hydrogen-bond acceptors (Lipinski definition) is 6. The Morgan fingerprint density at radius 3 is 2.77 bits per heavy atom. The Kier molecular flexibility index (Phi) is 5.30. The number of nitrogens with zero attached hydrogens (tertiary/aromatic N) is 2. The summed E-state index contributed by atoms with van der Waals surface area (Å²) in [7, 11) is 1.43. The van der Waals surface area contributed by atoms with Crippen LogP contribution >= 0.6 is 0 Å². The second-order valence-electron chi connectivity index (χ2n) is 6.94. The first-order valence-corrected chi connectivity index (χ1v) is 9.37. The van der Waals surface area contributed by atoms with Gasteiger partial charge in [-0.15, -0.1) is 0 Å². The van der Waals surface area contributed by atoms with Crippen molar-refractivity contribution in [1.82, 2.24) is 5.43 Å². The fourth-order valence-corrected chi connectivity index (χ4v) is 3.36. The van der Waals surface area contributed by atoms with Crippen molar-refractivity contribution in [3.8, 4) is 17.1 Å². The van der Waals surface area contributed by atoms with E-state index in [2.05, 4.69) is 10.5 Å². The van der Waals surface area contributed by atoms with Crippen molar-refractivity contribution in [1.29, 1.82) is 0 Å². The molecule has 30 heavy (non-hydrogen) atoms. The first kappa shape index (κ1) is 19.4. The summed E-state index contributed by atoms with van der Waals surface area (Å²) in [4.78, 5) is 22.7. The Morgan fingerprint density at radius 2 is 2.03 bits per heavy atom. The lowest BCUT2D eigenvalue weighted by Gasteiger charge is -2.05. The van der Waals surface area contributed by atoms with E-state index in [1.165, 1.54) is 25.5 Å². The molecule has 152 valence electrons. The van der Waals surface area contributed by atoms with Gasteiger partial charge in [-0.3, -0.25) is 14.9 Å². The number of amides is 1. The molecular weight excluding hydrogens is 386 g/mol. The molecule has 2 atom stereocenters. The Balaban J connectivity index is 1.39. The zero-order valence-corrected chi connectivity index (χ0v) is 16.1. The highest BCUT2D eigenvalue weighted by Crippen LogP contribution is 2.47. The van der Waals surface area contributed by atoms with E-state index >= 15 is 0 Å². The molecule has 8 heteroatoms. The summed E-state index contributed by atoms with van der Waals surface area (Å²) in [5.41, 5.74) is 4.23. The quantitative estimate of drug-likeness (QED) is 0.361. The summed E-state index contributed by atoms with van der Waals surface area (Å²) in [6.45, 7) is 0. The Morgan fingerprint density at radius 1 is 1.23 bits per heavy atom. The number of nitrogens with one attached hydrogen (secondary N) is 1. The van der Waals surface area contributed by atoms with Gasteiger partial charge < -0.3 is 9.15 Å². The van der Waals surface area contributed by atoms with E-state index in [1.54, 1.807) is 18.2 Å². The number of hydrazone groups is 1. The molecule has 1 aliphatic rings. The molecule has 0 radical (unpaired) electrons. The van der Waals surface area contributed by atoms with Crippen LogP contribution in [0.4, 0.5) is 5.69 Å². The van der Waals surface area contributed by atoms with Crippen LogP contribution < -0.4 is 10.2 Å².